The molecule has 0 saturated carbocycles. The Morgan fingerprint density at radius 3 is 3.11 bits per heavy atom. The van der Waals surface area contributed by atoms with E-state index in [0.717, 1.165) is 29.8 Å². The third-order valence-corrected chi connectivity index (χ3v) is 2.82. The average Bonchev–Trinajstić information content (AvgIpc) is 2.86. The van der Waals surface area contributed by atoms with Gasteiger partial charge in [-0.15, -0.1) is 0 Å². The van der Waals surface area contributed by atoms with Crippen LogP contribution in [0.2, 0.25) is 0 Å². The molecule has 5 nitrogen and oxygen atoms in total. The normalized spacial score (nSPS) is 10.6. The van der Waals surface area contributed by atoms with Crippen molar-refractivity contribution in [2.24, 2.45) is 0 Å². The van der Waals surface area contributed by atoms with E-state index in [0.29, 0.717) is 6.42 Å². The summed E-state index contributed by atoms with van der Waals surface area (Å²) in [6.45, 7) is 0.742. The molecule has 0 aliphatic carbocycles. The van der Waals surface area contributed by atoms with Gasteiger partial charge in [-0.25, -0.2) is 4.98 Å². The molecule has 2 aromatic heterocycles. The van der Waals surface area contributed by atoms with E-state index in [4.69, 9.17) is 4.42 Å². The molecule has 5 heteroatoms. The summed E-state index contributed by atoms with van der Waals surface area (Å²) < 4.78 is 9.94. The summed E-state index contributed by atoms with van der Waals surface area (Å²) >= 11 is 0. The van der Waals surface area contributed by atoms with Gasteiger partial charge in [0.25, 0.3) is 0 Å². The first kappa shape index (κ1) is 12.4. The van der Waals surface area contributed by atoms with Crippen molar-refractivity contribution in [1.82, 2.24) is 4.98 Å². The smallest absolute Gasteiger partial charge is 0.305 e. The molecule has 2 rings (SSSR count). The number of rotatable bonds is 5. The van der Waals surface area contributed by atoms with Crippen LogP contribution >= 0.6 is 0 Å². The van der Waals surface area contributed by atoms with E-state index in [9.17, 15) is 4.79 Å². The Hall–Kier alpha value is -2.04. The molecule has 0 aliphatic heterocycles. The van der Waals surface area contributed by atoms with Gasteiger partial charge in [0.1, 0.15) is 11.4 Å². The van der Waals surface area contributed by atoms with Crippen LogP contribution in [-0.4, -0.2) is 31.7 Å². The predicted octanol–water partition coefficient (Wildman–Crippen LogP) is 2.22. The third kappa shape index (κ3) is 2.61. The molecule has 0 unspecified atom stereocenters. The topological polar surface area (TPSA) is 55.6 Å². The Bertz CT molecular complexity index is 536. The lowest BCUT2D eigenvalue weighted by Crippen LogP contribution is -2.20. The molecule has 0 atom stereocenters. The van der Waals surface area contributed by atoms with Gasteiger partial charge in [-0.3, -0.25) is 4.79 Å². The molecule has 0 fully saturated rings. The molecule has 2 aromatic rings. The summed E-state index contributed by atoms with van der Waals surface area (Å²) in [5.41, 5.74) is 0.819. The number of hydrogen-bond acceptors (Lipinski definition) is 5. The van der Waals surface area contributed by atoms with Crippen molar-refractivity contribution in [3.05, 3.63) is 24.6 Å². The van der Waals surface area contributed by atoms with Crippen molar-refractivity contribution < 1.29 is 13.9 Å². The van der Waals surface area contributed by atoms with Gasteiger partial charge in [-0.05, 0) is 18.6 Å². The zero-order chi connectivity index (χ0) is 13.0. The summed E-state index contributed by atoms with van der Waals surface area (Å²) in [5, 5.41) is 0.984. The second-order valence-electron chi connectivity index (χ2n) is 4.07. The van der Waals surface area contributed by atoms with Crippen molar-refractivity contribution in [3.63, 3.8) is 0 Å². The Morgan fingerprint density at radius 2 is 2.33 bits per heavy atom. The van der Waals surface area contributed by atoms with Crippen LogP contribution in [0.15, 0.2) is 29.0 Å². The number of pyridine rings is 1. The standard InChI is InChI=1S/C13H16N2O3/c1-15(8-3-4-12(16)17-2)13-10-6-9-18-11(10)5-7-14-13/h5-7,9H,3-4,8H2,1-2H3. The maximum absolute atomic E-state index is 11.0. The molecule has 18 heavy (non-hydrogen) atoms. The third-order valence-electron chi connectivity index (χ3n) is 2.82. The molecule has 0 aliphatic rings. The molecule has 0 radical (unpaired) electrons. The fourth-order valence-electron chi connectivity index (χ4n) is 1.85. The molecular weight excluding hydrogens is 232 g/mol. The highest BCUT2D eigenvalue weighted by atomic mass is 16.5. The van der Waals surface area contributed by atoms with Gasteiger partial charge in [0.2, 0.25) is 0 Å². The van der Waals surface area contributed by atoms with Crippen LogP contribution in [0, 0.1) is 0 Å². The van der Waals surface area contributed by atoms with Crippen LogP contribution in [0.1, 0.15) is 12.8 Å². The van der Waals surface area contributed by atoms with Gasteiger partial charge in [0.15, 0.2) is 0 Å². The SMILES string of the molecule is COC(=O)CCCN(C)c1nccc2occc12. The van der Waals surface area contributed by atoms with Crippen LogP contribution in [0.5, 0.6) is 0 Å². The minimum absolute atomic E-state index is 0.183. The number of carbonyl (C=O) groups is 1. The maximum atomic E-state index is 11.0. The lowest BCUT2D eigenvalue weighted by Gasteiger charge is -2.18. The highest BCUT2D eigenvalue weighted by molar-refractivity contribution is 5.88. The van der Waals surface area contributed by atoms with Crippen molar-refractivity contribution in [1.29, 1.82) is 0 Å². The second kappa shape index (κ2) is 5.53. The molecule has 2 heterocycles. The van der Waals surface area contributed by atoms with E-state index < -0.39 is 0 Å². The highest BCUT2D eigenvalue weighted by Gasteiger charge is 2.10. The molecule has 0 bridgehead atoms. The summed E-state index contributed by atoms with van der Waals surface area (Å²) in [6.07, 6.45) is 4.53. The van der Waals surface area contributed by atoms with Crippen molar-refractivity contribution in [2.75, 3.05) is 25.6 Å². The molecule has 0 spiro atoms. The fourth-order valence-corrected chi connectivity index (χ4v) is 1.85. The first-order chi connectivity index (χ1) is 8.72. The molecule has 0 N–H and O–H groups in total. The van der Waals surface area contributed by atoms with Crippen LogP contribution in [0.25, 0.3) is 11.0 Å². The second-order valence-corrected chi connectivity index (χ2v) is 4.07. The van der Waals surface area contributed by atoms with E-state index in [1.165, 1.54) is 7.11 Å². The van der Waals surface area contributed by atoms with Gasteiger partial charge in [0.05, 0.1) is 18.8 Å². The first-order valence-corrected chi connectivity index (χ1v) is 5.82. The van der Waals surface area contributed by atoms with Gasteiger partial charge in [0, 0.05) is 26.2 Å². The fraction of sp³-hybridized carbons (Fsp3) is 0.385. The van der Waals surface area contributed by atoms with E-state index >= 15 is 0 Å². The number of carbonyl (C=O) groups excluding carboxylic acids is 1. The summed E-state index contributed by atoms with van der Waals surface area (Å²) in [4.78, 5) is 17.4. The summed E-state index contributed by atoms with van der Waals surface area (Å²) in [6, 6.07) is 3.73. The molecule has 0 aromatic carbocycles. The number of anilines is 1. The van der Waals surface area contributed by atoms with E-state index in [-0.39, 0.29) is 5.97 Å². The molecular formula is C13H16N2O3. The van der Waals surface area contributed by atoms with Crippen LogP contribution in [0.3, 0.4) is 0 Å². The zero-order valence-corrected chi connectivity index (χ0v) is 10.5. The number of aromatic nitrogens is 1. The minimum atomic E-state index is -0.183. The predicted molar refractivity (Wildman–Crippen MR) is 68.5 cm³/mol. The lowest BCUT2D eigenvalue weighted by atomic mass is 10.2. The number of ether oxygens (including phenoxy) is 1. The van der Waals surface area contributed by atoms with E-state index in [1.54, 1.807) is 12.5 Å². The molecule has 96 valence electrons. The number of fused-ring (bicyclic) bond motifs is 1. The Labute approximate surface area is 105 Å². The zero-order valence-electron chi connectivity index (χ0n) is 10.5. The van der Waals surface area contributed by atoms with E-state index in [1.807, 2.05) is 24.1 Å². The Kier molecular flexibility index (Phi) is 3.82. The number of furan rings is 1. The van der Waals surface area contributed by atoms with Gasteiger partial charge < -0.3 is 14.1 Å². The van der Waals surface area contributed by atoms with Gasteiger partial charge >= 0.3 is 5.97 Å². The largest absolute Gasteiger partial charge is 0.469 e. The van der Waals surface area contributed by atoms with Crippen molar-refractivity contribution in [3.8, 4) is 0 Å². The minimum Gasteiger partial charge on any atom is -0.469 e. The molecule has 0 saturated heterocycles. The van der Waals surface area contributed by atoms with Crippen molar-refractivity contribution in [2.45, 2.75) is 12.8 Å². The Balaban J connectivity index is 2.02. The highest BCUT2D eigenvalue weighted by Crippen LogP contribution is 2.24. The number of nitrogens with zero attached hydrogens (tertiary/aromatic N) is 2. The van der Waals surface area contributed by atoms with Gasteiger partial charge in [-0.1, -0.05) is 0 Å². The van der Waals surface area contributed by atoms with Crippen LogP contribution in [0.4, 0.5) is 5.82 Å². The molecule has 0 amide bonds. The van der Waals surface area contributed by atoms with Gasteiger partial charge in [-0.2, -0.15) is 0 Å². The van der Waals surface area contributed by atoms with Crippen LogP contribution in [-0.2, 0) is 9.53 Å². The number of methoxy groups -OCH3 is 1. The van der Waals surface area contributed by atoms with E-state index in [2.05, 4.69) is 9.72 Å². The summed E-state index contributed by atoms with van der Waals surface area (Å²) in [7, 11) is 3.35. The monoisotopic (exact) mass is 248 g/mol. The number of hydrogen-bond donors (Lipinski definition) is 0. The van der Waals surface area contributed by atoms with Crippen molar-refractivity contribution >= 4 is 22.8 Å². The van der Waals surface area contributed by atoms with Crippen LogP contribution < -0.4 is 4.90 Å². The number of esters is 1. The summed E-state index contributed by atoms with van der Waals surface area (Å²) in [5.74, 6) is 0.684. The maximum Gasteiger partial charge on any atom is 0.305 e. The Morgan fingerprint density at radius 1 is 1.50 bits per heavy atom. The lowest BCUT2D eigenvalue weighted by molar-refractivity contribution is -0.140. The average molecular weight is 248 g/mol. The quantitative estimate of drug-likeness (QED) is 0.759. The first-order valence-electron chi connectivity index (χ1n) is 5.82.